The molecule has 0 heterocycles. The Hall–Kier alpha value is -6.64. The van der Waals surface area contributed by atoms with Gasteiger partial charge < -0.3 is 9.80 Å². The summed E-state index contributed by atoms with van der Waals surface area (Å²) in [6.07, 6.45) is 0. The molecule has 0 N–H and O–H groups in total. The standard InChI is InChI=1S/C53H44N2/c1-37-15-23-43(24-16-37)54(45-27-19-41(20-28-45)39-11-7-5-8-12-39)47-31-33-49-50-34-32-48(36-52(50)53(3,4)51(49)35-47)55(44-25-17-38(2)18-26-44)46-29-21-42(22-30-46)40-13-9-6-10-14-40/h5-36H,1-4H3. The quantitative estimate of drug-likeness (QED) is 0.155. The Kier molecular flexibility index (Phi) is 8.67. The predicted octanol–water partition coefficient (Wildman–Crippen LogP) is 14.9. The lowest BCUT2D eigenvalue weighted by molar-refractivity contribution is 0.660. The Morgan fingerprint density at radius 1 is 0.309 bits per heavy atom. The first kappa shape index (κ1) is 34.1. The highest BCUT2D eigenvalue weighted by Crippen LogP contribution is 2.52. The highest BCUT2D eigenvalue weighted by atomic mass is 15.1. The highest BCUT2D eigenvalue weighted by Gasteiger charge is 2.37. The van der Waals surface area contributed by atoms with Crippen molar-refractivity contribution in [3.63, 3.8) is 0 Å². The SMILES string of the molecule is Cc1ccc(N(c2ccc(-c3ccccc3)cc2)c2ccc3c(c2)C(C)(C)c2cc(N(c4ccc(C)cc4)c4ccc(-c5ccccc5)cc4)ccc2-3)cc1. The predicted molar refractivity (Wildman–Crippen MR) is 234 cm³/mol. The van der Waals surface area contributed by atoms with Crippen molar-refractivity contribution in [3.8, 4) is 33.4 Å². The normalized spacial score (nSPS) is 12.5. The summed E-state index contributed by atoms with van der Waals surface area (Å²) in [6, 6.07) is 70.9. The molecule has 0 saturated carbocycles. The van der Waals surface area contributed by atoms with Crippen LogP contribution in [-0.4, -0.2) is 0 Å². The summed E-state index contributed by atoms with van der Waals surface area (Å²) in [6.45, 7) is 9.04. The van der Waals surface area contributed by atoms with Gasteiger partial charge in [-0.2, -0.15) is 0 Å². The van der Waals surface area contributed by atoms with Crippen molar-refractivity contribution in [1.29, 1.82) is 0 Å². The van der Waals surface area contributed by atoms with E-state index >= 15 is 0 Å². The lowest BCUT2D eigenvalue weighted by Gasteiger charge is -2.29. The maximum atomic E-state index is 2.42. The molecular formula is C53H44N2. The van der Waals surface area contributed by atoms with Gasteiger partial charge in [-0.15, -0.1) is 0 Å². The first-order chi connectivity index (χ1) is 26.8. The minimum absolute atomic E-state index is 0.219. The van der Waals surface area contributed by atoms with Gasteiger partial charge >= 0.3 is 0 Å². The molecule has 1 aliphatic carbocycles. The van der Waals surface area contributed by atoms with Crippen molar-refractivity contribution in [2.45, 2.75) is 33.1 Å². The van der Waals surface area contributed by atoms with Crippen molar-refractivity contribution < 1.29 is 0 Å². The second kappa shape index (κ2) is 14.0. The van der Waals surface area contributed by atoms with Gasteiger partial charge in [0, 0.05) is 39.5 Å². The topological polar surface area (TPSA) is 6.48 Å². The molecule has 9 rings (SSSR count). The van der Waals surface area contributed by atoms with Crippen LogP contribution in [0.25, 0.3) is 33.4 Å². The van der Waals surface area contributed by atoms with Gasteiger partial charge in [-0.05, 0) is 131 Å². The van der Waals surface area contributed by atoms with Crippen LogP contribution in [0.1, 0.15) is 36.1 Å². The van der Waals surface area contributed by atoms with E-state index in [9.17, 15) is 0 Å². The summed E-state index contributed by atoms with van der Waals surface area (Å²) >= 11 is 0. The second-order valence-corrected chi connectivity index (χ2v) is 15.3. The monoisotopic (exact) mass is 708 g/mol. The van der Waals surface area contributed by atoms with Gasteiger partial charge in [-0.1, -0.05) is 146 Å². The summed E-state index contributed by atoms with van der Waals surface area (Å²) in [5.41, 5.74) is 19.2. The number of aryl methyl sites for hydroxylation is 2. The molecule has 55 heavy (non-hydrogen) atoms. The minimum Gasteiger partial charge on any atom is -0.310 e. The lowest BCUT2D eigenvalue weighted by Crippen LogP contribution is -2.17. The minimum atomic E-state index is -0.219. The van der Waals surface area contributed by atoms with Gasteiger partial charge in [-0.25, -0.2) is 0 Å². The van der Waals surface area contributed by atoms with E-state index in [1.54, 1.807) is 0 Å². The highest BCUT2D eigenvalue weighted by molar-refractivity contribution is 5.89. The average Bonchev–Trinajstić information content (AvgIpc) is 3.45. The van der Waals surface area contributed by atoms with Crippen LogP contribution in [0.4, 0.5) is 34.1 Å². The number of benzene rings is 8. The van der Waals surface area contributed by atoms with Crippen molar-refractivity contribution in [2.75, 3.05) is 9.80 Å². The van der Waals surface area contributed by atoms with Crippen molar-refractivity contribution >= 4 is 34.1 Å². The summed E-state index contributed by atoms with van der Waals surface area (Å²) in [7, 11) is 0. The molecule has 0 radical (unpaired) electrons. The molecule has 8 aromatic rings. The molecule has 1 aliphatic rings. The molecule has 0 amide bonds. The third kappa shape index (κ3) is 6.40. The zero-order valence-corrected chi connectivity index (χ0v) is 31.9. The summed E-state index contributed by atoms with van der Waals surface area (Å²) in [5, 5.41) is 0. The number of hydrogen-bond donors (Lipinski definition) is 0. The Balaban J connectivity index is 1.11. The van der Waals surface area contributed by atoms with Crippen molar-refractivity contribution in [1.82, 2.24) is 0 Å². The van der Waals surface area contributed by atoms with E-state index in [-0.39, 0.29) is 5.41 Å². The van der Waals surface area contributed by atoms with Crippen LogP contribution in [-0.2, 0) is 5.41 Å². The molecule has 0 aliphatic heterocycles. The van der Waals surface area contributed by atoms with E-state index in [2.05, 4.69) is 232 Å². The zero-order valence-electron chi connectivity index (χ0n) is 31.9. The fourth-order valence-corrected chi connectivity index (χ4v) is 8.14. The molecule has 0 spiro atoms. The van der Waals surface area contributed by atoms with Crippen LogP contribution in [0, 0.1) is 13.8 Å². The van der Waals surface area contributed by atoms with Gasteiger partial charge in [0.2, 0.25) is 0 Å². The summed E-state index contributed by atoms with van der Waals surface area (Å²) < 4.78 is 0. The van der Waals surface area contributed by atoms with E-state index < -0.39 is 0 Å². The summed E-state index contributed by atoms with van der Waals surface area (Å²) in [5.74, 6) is 0. The van der Waals surface area contributed by atoms with Gasteiger partial charge in [-0.3, -0.25) is 0 Å². The Morgan fingerprint density at radius 2 is 0.600 bits per heavy atom. The van der Waals surface area contributed by atoms with E-state index in [0.717, 1.165) is 34.1 Å². The maximum absolute atomic E-state index is 2.42. The zero-order chi connectivity index (χ0) is 37.5. The Morgan fingerprint density at radius 3 is 0.945 bits per heavy atom. The van der Waals surface area contributed by atoms with Crippen molar-refractivity contribution in [2.24, 2.45) is 0 Å². The number of hydrogen-bond acceptors (Lipinski definition) is 2. The van der Waals surface area contributed by atoms with Crippen LogP contribution in [0.15, 0.2) is 194 Å². The molecular weight excluding hydrogens is 665 g/mol. The molecule has 0 unspecified atom stereocenters. The van der Waals surface area contributed by atoms with E-state index in [1.165, 1.54) is 55.6 Å². The average molecular weight is 709 g/mol. The Labute approximate surface area is 325 Å². The van der Waals surface area contributed by atoms with Gasteiger partial charge in [0.1, 0.15) is 0 Å². The van der Waals surface area contributed by atoms with Crippen LogP contribution in [0.3, 0.4) is 0 Å². The fourth-order valence-electron chi connectivity index (χ4n) is 8.14. The molecule has 2 heteroatoms. The van der Waals surface area contributed by atoms with Crippen LogP contribution in [0.5, 0.6) is 0 Å². The van der Waals surface area contributed by atoms with Crippen LogP contribution >= 0.6 is 0 Å². The maximum Gasteiger partial charge on any atom is 0.0465 e. The number of fused-ring (bicyclic) bond motifs is 3. The number of nitrogens with zero attached hydrogens (tertiary/aromatic N) is 2. The molecule has 8 aromatic carbocycles. The molecule has 0 fully saturated rings. The van der Waals surface area contributed by atoms with E-state index in [0.29, 0.717) is 0 Å². The molecule has 0 bridgehead atoms. The van der Waals surface area contributed by atoms with Crippen LogP contribution < -0.4 is 9.80 Å². The molecule has 0 aromatic heterocycles. The van der Waals surface area contributed by atoms with Gasteiger partial charge in [0.05, 0.1) is 0 Å². The van der Waals surface area contributed by atoms with Gasteiger partial charge in [0.25, 0.3) is 0 Å². The third-order valence-electron chi connectivity index (χ3n) is 11.2. The molecule has 266 valence electrons. The van der Waals surface area contributed by atoms with Crippen LogP contribution in [0.2, 0.25) is 0 Å². The van der Waals surface area contributed by atoms with Gasteiger partial charge in [0.15, 0.2) is 0 Å². The lowest BCUT2D eigenvalue weighted by atomic mass is 9.82. The van der Waals surface area contributed by atoms with E-state index in [1.807, 2.05) is 0 Å². The largest absolute Gasteiger partial charge is 0.310 e. The smallest absolute Gasteiger partial charge is 0.0465 e. The second-order valence-electron chi connectivity index (χ2n) is 15.3. The number of rotatable bonds is 8. The van der Waals surface area contributed by atoms with Crippen molar-refractivity contribution in [3.05, 3.63) is 216 Å². The Bertz CT molecular complexity index is 2400. The third-order valence-corrected chi connectivity index (χ3v) is 11.2. The summed E-state index contributed by atoms with van der Waals surface area (Å²) in [4.78, 5) is 4.77. The van der Waals surface area contributed by atoms with E-state index in [4.69, 9.17) is 0 Å². The first-order valence-electron chi connectivity index (χ1n) is 19.2. The number of anilines is 6. The first-order valence-corrected chi connectivity index (χ1v) is 19.2. The molecule has 0 saturated heterocycles. The molecule has 2 nitrogen and oxygen atoms in total. The molecule has 0 atom stereocenters. The fraction of sp³-hybridized carbons (Fsp3) is 0.0943.